The maximum absolute atomic E-state index is 12.0. The van der Waals surface area contributed by atoms with Gasteiger partial charge in [-0.1, -0.05) is 5.16 Å². The largest absolute Gasteiger partial charge is 0.401 e. The van der Waals surface area contributed by atoms with Gasteiger partial charge in [-0.25, -0.2) is 0 Å². The molecule has 5 nitrogen and oxygen atoms in total. The number of nitrogens with one attached hydrogen (secondary N) is 1. The Hall–Kier alpha value is -1.15. The summed E-state index contributed by atoms with van der Waals surface area (Å²) in [4.78, 5) is 4.17. The van der Waals surface area contributed by atoms with E-state index in [0.29, 0.717) is 12.4 Å². The van der Waals surface area contributed by atoms with Crippen LogP contribution in [0.5, 0.6) is 0 Å². The average molecular weight is 293 g/mol. The summed E-state index contributed by atoms with van der Waals surface area (Å²) in [6.07, 6.45) is -0.571. The maximum atomic E-state index is 12.0. The van der Waals surface area contributed by atoms with Gasteiger partial charge in [0, 0.05) is 6.61 Å². The topological polar surface area (TPSA) is 60.2 Å². The van der Waals surface area contributed by atoms with Crippen LogP contribution in [0.25, 0.3) is 0 Å². The molecule has 1 heterocycles. The second-order valence-electron chi connectivity index (χ2n) is 4.86. The molecule has 0 aliphatic heterocycles. The Bertz CT molecular complexity index is 428. The second kappa shape index (κ2) is 6.09. The van der Waals surface area contributed by atoms with Gasteiger partial charge in [-0.3, -0.25) is 0 Å². The van der Waals surface area contributed by atoms with Crippen molar-refractivity contribution in [3.05, 3.63) is 11.7 Å². The lowest BCUT2D eigenvalue weighted by Gasteiger charge is -2.24. The van der Waals surface area contributed by atoms with Crippen LogP contribution in [0.3, 0.4) is 0 Å². The van der Waals surface area contributed by atoms with Crippen molar-refractivity contribution in [2.24, 2.45) is 0 Å². The molecule has 1 aliphatic rings. The van der Waals surface area contributed by atoms with E-state index in [9.17, 15) is 13.2 Å². The molecule has 8 heteroatoms. The molecule has 0 saturated heterocycles. The summed E-state index contributed by atoms with van der Waals surface area (Å²) in [7, 11) is 0. The van der Waals surface area contributed by atoms with Crippen LogP contribution in [0, 0.1) is 0 Å². The normalized spacial score (nSPS) is 18.6. The quantitative estimate of drug-likeness (QED) is 0.873. The SMILES string of the molecule is CCOC1(c2noc(CNCC(F)(F)F)n2)CCCC1. The molecule has 0 atom stereocenters. The summed E-state index contributed by atoms with van der Waals surface area (Å²) in [5.74, 6) is 0.593. The van der Waals surface area contributed by atoms with E-state index in [2.05, 4.69) is 15.5 Å². The van der Waals surface area contributed by atoms with E-state index in [4.69, 9.17) is 9.26 Å². The number of hydrogen-bond acceptors (Lipinski definition) is 5. The summed E-state index contributed by atoms with van der Waals surface area (Å²) in [6.45, 7) is 1.25. The van der Waals surface area contributed by atoms with E-state index in [1.165, 1.54) is 0 Å². The Kier molecular flexibility index (Phi) is 4.64. The lowest BCUT2D eigenvalue weighted by molar-refractivity contribution is -0.125. The van der Waals surface area contributed by atoms with E-state index in [1.807, 2.05) is 6.92 Å². The number of aromatic nitrogens is 2. The molecule has 0 amide bonds. The highest BCUT2D eigenvalue weighted by Gasteiger charge is 2.40. The summed E-state index contributed by atoms with van der Waals surface area (Å²) < 4.78 is 46.8. The Morgan fingerprint density at radius 2 is 2.05 bits per heavy atom. The van der Waals surface area contributed by atoms with Gasteiger partial charge >= 0.3 is 6.18 Å². The van der Waals surface area contributed by atoms with E-state index < -0.39 is 18.3 Å². The fourth-order valence-electron chi connectivity index (χ4n) is 2.48. The van der Waals surface area contributed by atoms with E-state index >= 15 is 0 Å². The second-order valence-corrected chi connectivity index (χ2v) is 4.86. The molecule has 0 bridgehead atoms. The third kappa shape index (κ3) is 3.69. The van der Waals surface area contributed by atoms with Crippen LogP contribution in [-0.4, -0.2) is 29.5 Å². The molecular weight excluding hydrogens is 275 g/mol. The summed E-state index contributed by atoms with van der Waals surface area (Å²) in [5.41, 5.74) is -0.527. The summed E-state index contributed by atoms with van der Waals surface area (Å²) >= 11 is 0. The van der Waals surface area contributed by atoms with Crippen molar-refractivity contribution in [2.45, 2.75) is 50.9 Å². The van der Waals surface area contributed by atoms with E-state index in [-0.39, 0.29) is 12.4 Å². The van der Waals surface area contributed by atoms with Crippen molar-refractivity contribution >= 4 is 0 Å². The van der Waals surface area contributed by atoms with Gasteiger partial charge in [0.15, 0.2) is 0 Å². The van der Waals surface area contributed by atoms with Crippen molar-refractivity contribution in [3.8, 4) is 0 Å². The zero-order valence-corrected chi connectivity index (χ0v) is 11.3. The third-order valence-electron chi connectivity index (χ3n) is 3.31. The predicted octanol–water partition coefficient (Wildman–Crippen LogP) is 2.53. The number of ether oxygens (including phenoxy) is 1. The van der Waals surface area contributed by atoms with Crippen LogP contribution < -0.4 is 5.32 Å². The van der Waals surface area contributed by atoms with Crippen LogP contribution in [0.2, 0.25) is 0 Å². The molecular formula is C12H18F3N3O2. The number of halogens is 3. The molecule has 0 unspecified atom stereocenters. The third-order valence-corrected chi connectivity index (χ3v) is 3.31. The van der Waals surface area contributed by atoms with Gasteiger partial charge in [0.25, 0.3) is 0 Å². The molecule has 114 valence electrons. The average Bonchev–Trinajstić information content (AvgIpc) is 2.97. The molecule has 1 aromatic heterocycles. The fraction of sp³-hybridized carbons (Fsp3) is 0.833. The minimum atomic E-state index is -4.25. The standard InChI is InChI=1S/C12H18F3N3O2/c1-2-19-11(5-3-4-6-11)10-17-9(20-18-10)7-16-8-12(13,14)15/h16H,2-8H2,1H3. The first kappa shape index (κ1) is 15.2. The van der Waals surface area contributed by atoms with E-state index in [1.54, 1.807) is 0 Å². The van der Waals surface area contributed by atoms with Crippen molar-refractivity contribution in [2.75, 3.05) is 13.2 Å². The highest BCUT2D eigenvalue weighted by molar-refractivity contribution is 5.04. The molecule has 1 saturated carbocycles. The molecule has 0 aromatic carbocycles. The van der Waals surface area contributed by atoms with Gasteiger partial charge in [0.05, 0.1) is 13.1 Å². The highest BCUT2D eigenvalue weighted by Crippen LogP contribution is 2.40. The maximum Gasteiger partial charge on any atom is 0.401 e. The van der Waals surface area contributed by atoms with Crippen molar-refractivity contribution in [1.82, 2.24) is 15.5 Å². The van der Waals surface area contributed by atoms with Crippen molar-refractivity contribution in [3.63, 3.8) is 0 Å². The summed E-state index contributed by atoms with van der Waals surface area (Å²) in [6, 6.07) is 0. The molecule has 1 aliphatic carbocycles. The van der Waals surface area contributed by atoms with Gasteiger partial charge in [0.2, 0.25) is 11.7 Å². The molecule has 1 fully saturated rings. The van der Waals surface area contributed by atoms with Crippen LogP contribution >= 0.6 is 0 Å². The molecule has 2 rings (SSSR count). The van der Waals surface area contributed by atoms with Crippen LogP contribution in [0.15, 0.2) is 4.52 Å². The number of hydrogen-bond donors (Lipinski definition) is 1. The smallest absolute Gasteiger partial charge is 0.367 e. The Labute approximate surface area is 114 Å². The molecule has 1 N–H and O–H groups in total. The monoisotopic (exact) mass is 293 g/mol. The zero-order valence-electron chi connectivity index (χ0n) is 11.3. The van der Waals surface area contributed by atoms with Gasteiger partial charge in [-0.15, -0.1) is 0 Å². The highest BCUT2D eigenvalue weighted by atomic mass is 19.4. The summed E-state index contributed by atoms with van der Waals surface area (Å²) in [5, 5.41) is 6.10. The van der Waals surface area contributed by atoms with Gasteiger partial charge in [-0.05, 0) is 32.6 Å². The minimum absolute atomic E-state index is 0.102. The van der Waals surface area contributed by atoms with Crippen LogP contribution in [0.1, 0.15) is 44.3 Å². The Morgan fingerprint density at radius 1 is 1.35 bits per heavy atom. The number of rotatable bonds is 6. The Morgan fingerprint density at radius 3 is 2.65 bits per heavy atom. The van der Waals surface area contributed by atoms with Crippen LogP contribution in [-0.2, 0) is 16.9 Å². The first-order valence-corrected chi connectivity index (χ1v) is 6.70. The molecule has 0 spiro atoms. The fourth-order valence-corrected chi connectivity index (χ4v) is 2.48. The molecule has 1 aromatic rings. The lowest BCUT2D eigenvalue weighted by atomic mass is 10.0. The Balaban J connectivity index is 1.97. The van der Waals surface area contributed by atoms with Gasteiger partial charge in [-0.2, -0.15) is 18.2 Å². The van der Waals surface area contributed by atoms with Crippen LogP contribution in [0.4, 0.5) is 13.2 Å². The van der Waals surface area contributed by atoms with Crippen molar-refractivity contribution in [1.29, 1.82) is 0 Å². The molecule has 20 heavy (non-hydrogen) atoms. The lowest BCUT2D eigenvalue weighted by Crippen LogP contribution is -2.29. The van der Waals surface area contributed by atoms with Crippen molar-refractivity contribution < 1.29 is 22.4 Å². The van der Waals surface area contributed by atoms with Gasteiger partial charge < -0.3 is 14.6 Å². The first-order chi connectivity index (χ1) is 9.45. The predicted molar refractivity (Wildman–Crippen MR) is 63.8 cm³/mol. The zero-order chi connectivity index (χ0) is 14.6. The minimum Gasteiger partial charge on any atom is -0.367 e. The number of alkyl halides is 3. The first-order valence-electron chi connectivity index (χ1n) is 6.70. The van der Waals surface area contributed by atoms with E-state index in [0.717, 1.165) is 25.7 Å². The molecule has 0 radical (unpaired) electrons. The van der Waals surface area contributed by atoms with Gasteiger partial charge in [0.1, 0.15) is 5.60 Å². The number of nitrogens with zero attached hydrogens (tertiary/aromatic N) is 2.